The van der Waals surface area contributed by atoms with Crippen LogP contribution in [-0.4, -0.2) is 16.0 Å². The molecule has 0 aliphatic carbocycles. The molecule has 1 N–H and O–H groups in total. The van der Waals surface area contributed by atoms with Crippen molar-refractivity contribution in [2.75, 3.05) is 0 Å². The van der Waals surface area contributed by atoms with Gasteiger partial charge in [0.2, 0.25) is 5.60 Å². The van der Waals surface area contributed by atoms with E-state index in [1.54, 1.807) is 47.4 Å². The standard InChI is InChI=1S/C19H12Cl2F3N3O/c20-14-8-13(9-15(21)10-14)18(19(22,23)24)11-17(26-28-18)12-2-4-16(5-3-12)27-7-1-6-25-27/h1-11,26H. The van der Waals surface area contributed by atoms with E-state index in [0.717, 1.165) is 11.8 Å². The summed E-state index contributed by atoms with van der Waals surface area (Å²) in [6, 6.07) is 12.3. The van der Waals surface area contributed by atoms with Gasteiger partial charge in [-0.15, -0.1) is 0 Å². The number of halogens is 5. The van der Waals surface area contributed by atoms with Crippen molar-refractivity contribution in [1.29, 1.82) is 0 Å². The first kappa shape index (κ1) is 18.9. The molecule has 0 bridgehead atoms. The normalized spacial score (nSPS) is 19.4. The van der Waals surface area contributed by atoms with Gasteiger partial charge in [-0.2, -0.15) is 18.3 Å². The van der Waals surface area contributed by atoms with Crippen molar-refractivity contribution in [3.8, 4) is 5.69 Å². The minimum atomic E-state index is -4.75. The van der Waals surface area contributed by atoms with Crippen molar-refractivity contribution in [1.82, 2.24) is 15.3 Å². The van der Waals surface area contributed by atoms with E-state index < -0.39 is 11.8 Å². The molecule has 0 radical (unpaired) electrons. The van der Waals surface area contributed by atoms with Crippen molar-refractivity contribution in [3.05, 3.63) is 88.2 Å². The third-order valence-electron chi connectivity index (χ3n) is 4.33. The first-order valence-electron chi connectivity index (χ1n) is 8.09. The quantitative estimate of drug-likeness (QED) is 0.600. The third kappa shape index (κ3) is 3.26. The lowest BCUT2D eigenvalue weighted by Gasteiger charge is -2.28. The Morgan fingerprint density at radius 3 is 2.29 bits per heavy atom. The Kier molecular flexibility index (Phi) is 4.61. The predicted molar refractivity (Wildman–Crippen MR) is 100.0 cm³/mol. The monoisotopic (exact) mass is 425 g/mol. The molecular weight excluding hydrogens is 414 g/mol. The number of nitrogens with zero attached hydrogens (tertiary/aromatic N) is 2. The van der Waals surface area contributed by atoms with Gasteiger partial charge in [-0.1, -0.05) is 35.3 Å². The molecule has 1 atom stereocenters. The van der Waals surface area contributed by atoms with Crippen LogP contribution in [0.5, 0.6) is 0 Å². The van der Waals surface area contributed by atoms with Crippen LogP contribution >= 0.6 is 23.2 Å². The molecule has 144 valence electrons. The van der Waals surface area contributed by atoms with Gasteiger partial charge in [0.1, 0.15) is 0 Å². The predicted octanol–water partition coefficient (Wildman–Crippen LogP) is 5.51. The lowest BCUT2D eigenvalue weighted by atomic mass is 9.91. The van der Waals surface area contributed by atoms with Crippen LogP contribution in [0.1, 0.15) is 11.1 Å². The summed E-state index contributed by atoms with van der Waals surface area (Å²) in [5.74, 6) is 0. The van der Waals surface area contributed by atoms with E-state index in [1.165, 1.54) is 18.2 Å². The molecule has 0 saturated carbocycles. The summed E-state index contributed by atoms with van der Waals surface area (Å²) in [6.45, 7) is 0. The first-order valence-corrected chi connectivity index (χ1v) is 8.85. The fourth-order valence-electron chi connectivity index (χ4n) is 2.97. The van der Waals surface area contributed by atoms with Crippen molar-refractivity contribution in [3.63, 3.8) is 0 Å². The summed E-state index contributed by atoms with van der Waals surface area (Å²) in [7, 11) is 0. The maximum Gasteiger partial charge on any atom is 0.428 e. The summed E-state index contributed by atoms with van der Waals surface area (Å²) in [5.41, 5.74) is 0.948. The zero-order chi connectivity index (χ0) is 19.9. The van der Waals surface area contributed by atoms with Crippen LogP contribution in [0, 0.1) is 0 Å². The topological polar surface area (TPSA) is 39.1 Å². The molecule has 28 heavy (non-hydrogen) atoms. The number of nitrogens with one attached hydrogen (secondary N) is 1. The second-order valence-electron chi connectivity index (χ2n) is 6.15. The van der Waals surface area contributed by atoms with Crippen LogP contribution < -0.4 is 5.48 Å². The van der Waals surface area contributed by atoms with E-state index >= 15 is 0 Å². The van der Waals surface area contributed by atoms with E-state index in [2.05, 4.69) is 10.6 Å². The molecule has 1 aliphatic rings. The molecular formula is C19H12Cl2F3N3O. The second kappa shape index (κ2) is 6.84. The molecule has 0 saturated heterocycles. The molecule has 9 heteroatoms. The van der Waals surface area contributed by atoms with Gasteiger partial charge in [-0.25, -0.2) is 4.68 Å². The fourth-order valence-corrected chi connectivity index (χ4v) is 3.50. The number of alkyl halides is 3. The van der Waals surface area contributed by atoms with Crippen molar-refractivity contribution >= 4 is 28.9 Å². The van der Waals surface area contributed by atoms with Crippen LogP contribution in [0.2, 0.25) is 10.0 Å². The van der Waals surface area contributed by atoms with Gasteiger partial charge in [0, 0.05) is 28.0 Å². The van der Waals surface area contributed by atoms with Gasteiger partial charge in [0.05, 0.1) is 11.4 Å². The minimum absolute atomic E-state index is 0.0835. The molecule has 0 fully saturated rings. The molecule has 1 aromatic heterocycles. The Hall–Kier alpha value is -2.48. The highest BCUT2D eigenvalue weighted by atomic mass is 35.5. The van der Waals surface area contributed by atoms with Crippen LogP contribution in [0.25, 0.3) is 11.4 Å². The Labute approximate surface area is 168 Å². The average Bonchev–Trinajstić information content (AvgIpc) is 3.31. The number of hydrogen-bond donors (Lipinski definition) is 1. The summed E-state index contributed by atoms with van der Waals surface area (Å²) in [6.07, 6.45) is -0.359. The molecule has 0 spiro atoms. The molecule has 1 aliphatic heterocycles. The van der Waals surface area contributed by atoms with E-state index in [-0.39, 0.29) is 21.3 Å². The Balaban J connectivity index is 1.75. The minimum Gasteiger partial charge on any atom is -0.265 e. The van der Waals surface area contributed by atoms with Crippen LogP contribution in [0.3, 0.4) is 0 Å². The molecule has 2 aromatic carbocycles. The lowest BCUT2D eigenvalue weighted by Crippen LogP contribution is -2.42. The van der Waals surface area contributed by atoms with Crippen LogP contribution in [-0.2, 0) is 10.4 Å². The number of rotatable bonds is 3. The number of hydroxylamine groups is 1. The van der Waals surface area contributed by atoms with Crippen molar-refractivity contribution < 1.29 is 18.0 Å². The summed E-state index contributed by atoms with van der Waals surface area (Å²) < 4.78 is 43.6. The van der Waals surface area contributed by atoms with E-state index in [1.807, 2.05) is 0 Å². The number of benzene rings is 2. The molecule has 3 aromatic rings. The maximum absolute atomic E-state index is 14.0. The van der Waals surface area contributed by atoms with Gasteiger partial charge in [0.15, 0.2) is 0 Å². The first-order chi connectivity index (χ1) is 13.3. The average molecular weight is 426 g/mol. The molecule has 4 rings (SSSR count). The highest BCUT2D eigenvalue weighted by Gasteiger charge is 2.59. The summed E-state index contributed by atoms with van der Waals surface area (Å²) >= 11 is 11.8. The Morgan fingerprint density at radius 1 is 1.04 bits per heavy atom. The van der Waals surface area contributed by atoms with E-state index in [4.69, 9.17) is 28.0 Å². The Morgan fingerprint density at radius 2 is 1.71 bits per heavy atom. The van der Waals surface area contributed by atoms with Gasteiger partial charge in [-0.3, -0.25) is 10.3 Å². The van der Waals surface area contributed by atoms with Crippen molar-refractivity contribution in [2.45, 2.75) is 11.8 Å². The SMILES string of the molecule is FC(F)(F)C1(c2cc(Cl)cc(Cl)c2)C=C(c2ccc(-n3cccn3)cc2)NO1. The van der Waals surface area contributed by atoms with Gasteiger partial charge < -0.3 is 0 Å². The number of hydrogen-bond acceptors (Lipinski definition) is 3. The maximum atomic E-state index is 14.0. The third-order valence-corrected chi connectivity index (χ3v) is 4.77. The largest absolute Gasteiger partial charge is 0.428 e. The van der Waals surface area contributed by atoms with Crippen LogP contribution in [0.15, 0.2) is 67.0 Å². The van der Waals surface area contributed by atoms with Gasteiger partial charge >= 0.3 is 6.18 Å². The zero-order valence-corrected chi connectivity index (χ0v) is 15.6. The molecule has 0 amide bonds. The van der Waals surface area contributed by atoms with E-state index in [0.29, 0.717) is 5.56 Å². The molecule has 2 heterocycles. The summed E-state index contributed by atoms with van der Waals surface area (Å²) in [4.78, 5) is 5.07. The van der Waals surface area contributed by atoms with Gasteiger partial charge in [0.25, 0.3) is 0 Å². The zero-order valence-electron chi connectivity index (χ0n) is 14.0. The van der Waals surface area contributed by atoms with Crippen molar-refractivity contribution in [2.24, 2.45) is 0 Å². The smallest absolute Gasteiger partial charge is 0.265 e. The Bertz CT molecular complexity index is 1010. The van der Waals surface area contributed by atoms with Gasteiger partial charge in [-0.05, 0) is 48.0 Å². The fraction of sp³-hybridized carbons (Fsp3) is 0.105. The molecule has 1 unspecified atom stereocenters. The van der Waals surface area contributed by atoms with Crippen LogP contribution in [0.4, 0.5) is 13.2 Å². The highest BCUT2D eigenvalue weighted by molar-refractivity contribution is 6.34. The summed E-state index contributed by atoms with van der Waals surface area (Å²) in [5, 5.41) is 4.28. The highest BCUT2D eigenvalue weighted by Crippen LogP contribution is 2.48. The van der Waals surface area contributed by atoms with E-state index in [9.17, 15) is 13.2 Å². The molecule has 4 nitrogen and oxygen atoms in total. The second-order valence-corrected chi connectivity index (χ2v) is 7.02. The number of aromatic nitrogens is 2. The lowest BCUT2D eigenvalue weighted by molar-refractivity contribution is -0.269.